The summed E-state index contributed by atoms with van der Waals surface area (Å²) in [6.45, 7) is 1.27. The van der Waals surface area contributed by atoms with Gasteiger partial charge in [0.2, 0.25) is 0 Å². The number of carbonyl (C=O) groups is 2. The van der Waals surface area contributed by atoms with Crippen LogP contribution in [-0.4, -0.2) is 37.2 Å². The standard InChI is InChI=1S/C12H14FNO5/c1-6(12(16)17)14-11(15)9-7(13)4-5-8(18-2)10(9)19-3/h4-6H,1-3H3,(H,14,15)(H,16,17)/t6-/m1/s1. The second-order valence-corrected chi connectivity index (χ2v) is 3.69. The summed E-state index contributed by atoms with van der Waals surface area (Å²) in [4.78, 5) is 22.5. The summed E-state index contributed by atoms with van der Waals surface area (Å²) in [6, 6.07) is 1.20. The molecule has 0 aliphatic rings. The van der Waals surface area contributed by atoms with Crippen LogP contribution in [0.15, 0.2) is 12.1 Å². The average molecular weight is 271 g/mol. The van der Waals surface area contributed by atoms with Gasteiger partial charge in [0.1, 0.15) is 17.4 Å². The first-order valence-corrected chi connectivity index (χ1v) is 5.36. The highest BCUT2D eigenvalue weighted by molar-refractivity contribution is 5.99. The number of ether oxygens (including phenoxy) is 2. The van der Waals surface area contributed by atoms with Crippen molar-refractivity contribution < 1.29 is 28.6 Å². The van der Waals surface area contributed by atoms with Crippen LogP contribution in [0.1, 0.15) is 17.3 Å². The van der Waals surface area contributed by atoms with Gasteiger partial charge in [-0.15, -0.1) is 0 Å². The molecule has 0 heterocycles. The summed E-state index contributed by atoms with van der Waals surface area (Å²) in [5.41, 5.74) is -0.394. The Balaban J connectivity index is 3.18. The largest absolute Gasteiger partial charge is 0.493 e. The number of amides is 1. The number of benzene rings is 1. The minimum atomic E-state index is -1.23. The third-order valence-electron chi connectivity index (χ3n) is 2.44. The number of hydrogen-bond donors (Lipinski definition) is 2. The van der Waals surface area contributed by atoms with Gasteiger partial charge in [0.15, 0.2) is 11.5 Å². The number of carbonyl (C=O) groups excluding carboxylic acids is 1. The van der Waals surface area contributed by atoms with Crippen LogP contribution < -0.4 is 14.8 Å². The number of hydrogen-bond acceptors (Lipinski definition) is 4. The summed E-state index contributed by atoms with van der Waals surface area (Å²) < 4.78 is 23.6. The Hall–Kier alpha value is -2.31. The van der Waals surface area contributed by atoms with Gasteiger partial charge in [-0.3, -0.25) is 9.59 Å². The van der Waals surface area contributed by atoms with E-state index in [0.29, 0.717) is 0 Å². The molecule has 0 spiro atoms. The zero-order chi connectivity index (χ0) is 14.6. The SMILES string of the molecule is COc1ccc(F)c(C(=O)N[C@H](C)C(=O)O)c1OC. The van der Waals surface area contributed by atoms with Gasteiger partial charge in [0.25, 0.3) is 5.91 Å². The van der Waals surface area contributed by atoms with E-state index in [2.05, 4.69) is 5.32 Å². The number of aliphatic carboxylic acids is 1. The Labute approximate surface area is 109 Å². The van der Waals surface area contributed by atoms with Gasteiger partial charge < -0.3 is 19.9 Å². The van der Waals surface area contributed by atoms with E-state index in [9.17, 15) is 14.0 Å². The minimum Gasteiger partial charge on any atom is -0.493 e. The van der Waals surface area contributed by atoms with E-state index in [1.165, 1.54) is 27.2 Å². The van der Waals surface area contributed by atoms with Gasteiger partial charge in [-0.1, -0.05) is 0 Å². The summed E-state index contributed by atoms with van der Waals surface area (Å²) in [5, 5.41) is 10.9. The number of nitrogens with one attached hydrogen (secondary N) is 1. The van der Waals surface area contributed by atoms with Crippen molar-refractivity contribution in [3.05, 3.63) is 23.5 Å². The number of carboxylic acids is 1. The summed E-state index contributed by atoms with van der Waals surface area (Å²) in [6.07, 6.45) is 0. The summed E-state index contributed by atoms with van der Waals surface area (Å²) in [7, 11) is 2.60. The van der Waals surface area contributed by atoms with E-state index in [1.807, 2.05) is 0 Å². The summed E-state index contributed by atoms with van der Waals surface area (Å²) in [5.74, 6) is -2.85. The number of methoxy groups -OCH3 is 2. The van der Waals surface area contributed by atoms with Gasteiger partial charge in [-0.2, -0.15) is 0 Å². The van der Waals surface area contributed by atoms with Crippen molar-refractivity contribution in [1.29, 1.82) is 0 Å². The molecule has 7 heteroatoms. The Kier molecular flexibility index (Phi) is 4.68. The first-order chi connectivity index (χ1) is 8.92. The molecule has 1 amide bonds. The first-order valence-electron chi connectivity index (χ1n) is 5.36. The molecule has 0 saturated heterocycles. The highest BCUT2D eigenvalue weighted by Gasteiger charge is 2.24. The van der Waals surface area contributed by atoms with Crippen LogP contribution in [0, 0.1) is 5.82 Å². The Bertz CT molecular complexity index is 503. The van der Waals surface area contributed by atoms with Gasteiger partial charge in [-0.25, -0.2) is 4.39 Å². The maximum Gasteiger partial charge on any atom is 0.325 e. The van der Waals surface area contributed by atoms with Crippen LogP contribution in [0.4, 0.5) is 4.39 Å². The van der Waals surface area contributed by atoms with Gasteiger partial charge in [0.05, 0.1) is 14.2 Å². The molecular formula is C12H14FNO5. The fraction of sp³-hybridized carbons (Fsp3) is 0.333. The van der Waals surface area contributed by atoms with Crippen molar-refractivity contribution in [1.82, 2.24) is 5.32 Å². The van der Waals surface area contributed by atoms with Crippen LogP contribution in [0.5, 0.6) is 11.5 Å². The molecule has 19 heavy (non-hydrogen) atoms. The van der Waals surface area contributed by atoms with Gasteiger partial charge >= 0.3 is 5.97 Å². The molecule has 0 saturated carbocycles. The van der Waals surface area contributed by atoms with Crippen molar-refractivity contribution in [2.45, 2.75) is 13.0 Å². The predicted octanol–water partition coefficient (Wildman–Crippen LogP) is 1.05. The van der Waals surface area contributed by atoms with Crippen molar-refractivity contribution in [2.75, 3.05) is 14.2 Å². The second-order valence-electron chi connectivity index (χ2n) is 3.69. The van der Waals surface area contributed by atoms with Gasteiger partial charge in [0, 0.05) is 0 Å². The lowest BCUT2D eigenvalue weighted by Gasteiger charge is -2.14. The zero-order valence-electron chi connectivity index (χ0n) is 10.7. The van der Waals surface area contributed by atoms with Crippen molar-refractivity contribution in [3.8, 4) is 11.5 Å². The molecule has 0 aliphatic heterocycles. The molecule has 1 aromatic carbocycles. The third kappa shape index (κ3) is 3.12. The van der Waals surface area contributed by atoms with Crippen molar-refractivity contribution >= 4 is 11.9 Å². The van der Waals surface area contributed by atoms with E-state index >= 15 is 0 Å². The number of rotatable bonds is 5. The molecule has 1 atom stereocenters. The first kappa shape index (κ1) is 14.7. The van der Waals surface area contributed by atoms with E-state index in [-0.39, 0.29) is 11.5 Å². The fourth-order valence-corrected chi connectivity index (χ4v) is 1.45. The average Bonchev–Trinajstić information content (AvgIpc) is 2.37. The molecule has 1 aromatic rings. The number of carboxylic acid groups (broad SMARTS) is 1. The molecule has 0 aliphatic carbocycles. The minimum absolute atomic E-state index is 0.0856. The van der Waals surface area contributed by atoms with Crippen LogP contribution in [0.2, 0.25) is 0 Å². The molecule has 0 aromatic heterocycles. The quantitative estimate of drug-likeness (QED) is 0.836. The molecule has 0 radical (unpaired) electrons. The van der Waals surface area contributed by atoms with Crippen LogP contribution in [0.3, 0.4) is 0 Å². The highest BCUT2D eigenvalue weighted by atomic mass is 19.1. The molecule has 2 N–H and O–H groups in total. The van der Waals surface area contributed by atoms with E-state index in [1.54, 1.807) is 0 Å². The Morgan fingerprint density at radius 3 is 2.42 bits per heavy atom. The van der Waals surface area contributed by atoms with Crippen molar-refractivity contribution in [2.24, 2.45) is 0 Å². The van der Waals surface area contributed by atoms with E-state index < -0.39 is 29.3 Å². The molecule has 0 fully saturated rings. The van der Waals surface area contributed by atoms with E-state index in [4.69, 9.17) is 14.6 Å². The lowest BCUT2D eigenvalue weighted by molar-refractivity contribution is -0.138. The van der Waals surface area contributed by atoms with Crippen LogP contribution in [0.25, 0.3) is 0 Å². The molecule has 104 valence electrons. The van der Waals surface area contributed by atoms with Gasteiger partial charge in [-0.05, 0) is 19.1 Å². The monoisotopic (exact) mass is 271 g/mol. The van der Waals surface area contributed by atoms with Crippen molar-refractivity contribution in [3.63, 3.8) is 0 Å². The molecular weight excluding hydrogens is 257 g/mol. The third-order valence-corrected chi connectivity index (χ3v) is 2.44. The van der Waals surface area contributed by atoms with Crippen LogP contribution in [-0.2, 0) is 4.79 Å². The molecule has 6 nitrogen and oxygen atoms in total. The molecule has 0 unspecified atom stereocenters. The Morgan fingerprint density at radius 1 is 1.32 bits per heavy atom. The zero-order valence-corrected chi connectivity index (χ0v) is 10.7. The molecule has 0 bridgehead atoms. The van der Waals surface area contributed by atoms with E-state index in [0.717, 1.165) is 6.07 Å². The smallest absolute Gasteiger partial charge is 0.325 e. The maximum atomic E-state index is 13.7. The van der Waals surface area contributed by atoms with Crippen LogP contribution >= 0.6 is 0 Å². The Morgan fingerprint density at radius 2 is 1.95 bits per heavy atom. The maximum absolute atomic E-state index is 13.7. The normalized spacial score (nSPS) is 11.6. The summed E-state index contributed by atoms with van der Waals surface area (Å²) >= 11 is 0. The predicted molar refractivity (Wildman–Crippen MR) is 64.1 cm³/mol. The second kappa shape index (κ2) is 6.03. The molecule has 1 rings (SSSR count). The highest BCUT2D eigenvalue weighted by Crippen LogP contribution is 2.32. The lowest BCUT2D eigenvalue weighted by Crippen LogP contribution is -2.38. The number of halogens is 1. The fourth-order valence-electron chi connectivity index (χ4n) is 1.45. The topological polar surface area (TPSA) is 84.9 Å². The lowest BCUT2D eigenvalue weighted by atomic mass is 10.1.